The number of ether oxygens (including phenoxy) is 1. The Balaban J connectivity index is 2.25. The third-order valence-electron chi connectivity index (χ3n) is 6.75. The second kappa shape index (κ2) is 11.2. The summed E-state index contributed by atoms with van der Waals surface area (Å²) < 4.78 is 12.3. The number of rotatable bonds is 8. The summed E-state index contributed by atoms with van der Waals surface area (Å²) in [6.45, 7) is 17.0. The van der Waals surface area contributed by atoms with E-state index in [1.165, 1.54) is 0 Å². The minimum Gasteiger partial charge on any atom is -0.444 e. The molecule has 192 valence electrons. The highest BCUT2D eigenvalue weighted by molar-refractivity contribution is 6.74. The number of nitrogens with zero attached hydrogens (tertiary/aromatic N) is 1. The van der Waals surface area contributed by atoms with Crippen molar-refractivity contribution in [2.45, 2.75) is 96.8 Å². The van der Waals surface area contributed by atoms with Crippen LogP contribution in [0, 0.1) is 5.92 Å². The van der Waals surface area contributed by atoms with E-state index in [0.29, 0.717) is 19.5 Å². The van der Waals surface area contributed by atoms with Crippen molar-refractivity contribution in [2.24, 2.45) is 5.92 Å². The number of amides is 2. The van der Waals surface area contributed by atoms with Gasteiger partial charge in [-0.1, -0.05) is 51.1 Å². The average Bonchev–Trinajstić information content (AvgIpc) is 3.11. The molecule has 3 atom stereocenters. The third kappa shape index (κ3) is 7.82. The quantitative estimate of drug-likeness (QED) is 0.514. The van der Waals surface area contributed by atoms with Gasteiger partial charge in [-0.25, -0.2) is 4.79 Å². The number of aliphatic hydroxyl groups excluding tert-OH is 1. The molecule has 0 aromatic heterocycles. The minimum absolute atomic E-state index is 0.0272. The van der Waals surface area contributed by atoms with Gasteiger partial charge in [0.1, 0.15) is 5.60 Å². The van der Waals surface area contributed by atoms with Crippen molar-refractivity contribution in [1.82, 2.24) is 10.2 Å². The smallest absolute Gasteiger partial charge is 0.410 e. The molecule has 0 radical (unpaired) electrons. The van der Waals surface area contributed by atoms with Gasteiger partial charge in [-0.05, 0) is 57.3 Å². The maximum absolute atomic E-state index is 13.3. The zero-order valence-electron chi connectivity index (χ0n) is 22.2. The number of carbonyl (C=O) groups is 2. The monoisotopic (exact) mass is 492 g/mol. The SMILES string of the molecule is CC(C)(C)OC(=O)N1C[C@H](O[Si](C)(C)C(C)(C)C)C[C@H]1C(CCO)C(=O)NCc1ccccc1. The summed E-state index contributed by atoms with van der Waals surface area (Å²) in [5.74, 6) is -0.737. The number of aliphatic hydroxyl groups is 1. The fourth-order valence-corrected chi connectivity index (χ4v) is 5.33. The zero-order chi connectivity index (χ0) is 25.7. The second-order valence-electron chi connectivity index (χ2n) is 11.8. The Labute approximate surface area is 206 Å². The molecule has 0 saturated carbocycles. The summed E-state index contributed by atoms with van der Waals surface area (Å²) in [5, 5.41) is 12.8. The Morgan fingerprint density at radius 3 is 2.29 bits per heavy atom. The van der Waals surface area contributed by atoms with Crippen molar-refractivity contribution >= 4 is 20.3 Å². The fraction of sp³-hybridized carbons (Fsp3) is 0.692. The molecular formula is C26H44N2O5Si. The number of hydrogen-bond acceptors (Lipinski definition) is 5. The van der Waals surface area contributed by atoms with Crippen LogP contribution in [0.4, 0.5) is 4.79 Å². The maximum Gasteiger partial charge on any atom is 0.410 e. The predicted octanol–water partition coefficient (Wildman–Crippen LogP) is 4.70. The van der Waals surface area contributed by atoms with Gasteiger partial charge in [0.25, 0.3) is 0 Å². The number of nitrogens with one attached hydrogen (secondary N) is 1. The van der Waals surface area contributed by atoms with Crippen LogP contribution in [0.5, 0.6) is 0 Å². The molecule has 0 spiro atoms. The summed E-state index contributed by atoms with van der Waals surface area (Å²) in [6, 6.07) is 9.28. The molecule has 1 aliphatic rings. The van der Waals surface area contributed by atoms with E-state index in [1.807, 2.05) is 51.1 Å². The largest absolute Gasteiger partial charge is 0.444 e. The number of benzene rings is 1. The van der Waals surface area contributed by atoms with E-state index in [0.717, 1.165) is 5.56 Å². The first-order valence-electron chi connectivity index (χ1n) is 12.2. The molecule has 1 aromatic rings. The van der Waals surface area contributed by atoms with Crippen LogP contribution in [-0.2, 0) is 20.5 Å². The lowest BCUT2D eigenvalue weighted by Crippen LogP contribution is -2.48. The molecule has 0 aliphatic carbocycles. The molecule has 1 unspecified atom stereocenters. The Kier molecular flexibility index (Phi) is 9.35. The molecule has 34 heavy (non-hydrogen) atoms. The molecule has 7 nitrogen and oxygen atoms in total. The molecule has 2 rings (SSSR count). The van der Waals surface area contributed by atoms with Crippen molar-refractivity contribution in [3.8, 4) is 0 Å². The molecule has 0 bridgehead atoms. The third-order valence-corrected chi connectivity index (χ3v) is 11.3. The first kappa shape index (κ1) is 28.3. The highest BCUT2D eigenvalue weighted by atomic mass is 28.4. The molecule has 1 heterocycles. The maximum atomic E-state index is 13.3. The highest BCUT2D eigenvalue weighted by Crippen LogP contribution is 2.40. The topological polar surface area (TPSA) is 88.1 Å². The fourth-order valence-electron chi connectivity index (χ4n) is 3.97. The van der Waals surface area contributed by atoms with Crippen molar-refractivity contribution in [3.63, 3.8) is 0 Å². The number of carbonyl (C=O) groups excluding carboxylic acids is 2. The molecule has 1 aliphatic heterocycles. The van der Waals surface area contributed by atoms with Gasteiger partial charge in [0.15, 0.2) is 8.32 Å². The van der Waals surface area contributed by atoms with E-state index in [4.69, 9.17) is 9.16 Å². The first-order chi connectivity index (χ1) is 15.6. The molecule has 8 heteroatoms. The highest BCUT2D eigenvalue weighted by Gasteiger charge is 2.47. The first-order valence-corrected chi connectivity index (χ1v) is 15.2. The van der Waals surface area contributed by atoms with Gasteiger partial charge in [0.05, 0.1) is 12.0 Å². The van der Waals surface area contributed by atoms with Crippen LogP contribution in [0.25, 0.3) is 0 Å². The van der Waals surface area contributed by atoms with Gasteiger partial charge >= 0.3 is 6.09 Å². The van der Waals surface area contributed by atoms with Gasteiger partial charge in [-0.15, -0.1) is 0 Å². The van der Waals surface area contributed by atoms with Gasteiger partial charge in [0, 0.05) is 25.7 Å². The van der Waals surface area contributed by atoms with Crippen LogP contribution < -0.4 is 5.32 Å². The van der Waals surface area contributed by atoms with Gasteiger partial charge in [-0.3, -0.25) is 4.79 Å². The zero-order valence-corrected chi connectivity index (χ0v) is 23.2. The Bertz CT molecular complexity index is 817. The lowest BCUT2D eigenvalue weighted by molar-refractivity contribution is -0.127. The van der Waals surface area contributed by atoms with E-state index < -0.39 is 32.0 Å². The molecule has 1 fully saturated rings. The van der Waals surface area contributed by atoms with E-state index in [2.05, 4.69) is 39.2 Å². The summed E-state index contributed by atoms with van der Waals surface area (Å²) in [4.78, 5) is 28.1. The van der Waals surface area contributed by atoms with Crippen molar-refractivity contribution < 1.29 is 23.9 Å². The van der Waals surface area contributed by atoms with E-state index in [1.54, 1.807) is 4.90 Å². The van der Waals surface area contributed by atoms with Crippen LogP contribution in [0.3, 0.4) is 0 Å². The molecule has 2 amide bonds. The molecule has 1 aromatic carbocycles. The molecular weight excluding hydrogens is 448 g/mol. The summed E-state index contributed by atoms with van der Waals surface area (Å²) in [7, 11) is -2.08. The second-order valence-corrected chi connectivity index (χ2v) is 16.5. The standard InChI is InChI=1S/C26H44N2O5Si/c1-25(2,3)32-24(31)28-18-20(33-34(7,8)26(4,5)6)16-22(28)21(14-15-29)23(30)27-17-19-12-10-9-11-13-19/h9-13,20-22,29H,14-18H2,1-8H3,(H,27,30)/t20-,21?,22+/m1/s1. The Morgan fingerprint density at radius 1 is 1.15 bits per heavy atom. The van der Waals surface area contributed by atoms with Gasteiger partial charge < -0.3 is 24.5 Å². The summed E-state index contributed by atoms with van der Waals surface area (Å²) in [6.07, 6.45) is 0.172. The van der Waals surface area contributed by atoms with Crippen LogP contribution in [0.15, 0.2) is 30.3 Å². The van der Waals surface area contributed by atoms with E-state index >= 15 is 0 Å². The minimum atomic E-state index is -2.08. The Morgan fingerprint density at radius 2 is 1.76 bits per heavy atom. The van der Waals surface area contributed by atoms with Crippen molar-refractivity contribution in [1.29, 1.82) is 0 Å². The number of likely N-dealkylation sites (tertiary alicyclic amines) is 1. The van der Waals surface area contributed by atoms with E-state index in [9.17, 15) is 14.7 Å². The summed E-state index contributed by atoms with van der Waals surface area (Å²) in [5.41, 5.74) is 0.343. The Hall–Kier alpha value is -1.90. The van der Waals surface area contributed by atoms with Crippen molar-refractivity contribution in [3.05, 3.63) is 35.9 Å². The molecule has 2 N–H and O–H groups in total. The predicted molar refractivity (Wildman–Crippen MR) is 137 cm³/mol. The van der Waals surface area contributed by atoms with Crippen LogP contribution in [-0.4, -0.2) is 61.2 Å². The molecule has 1 saturated heterocycles. The van der Waals surface area contributed by atoms with Crippen molar-refractivity contribution in [2.75, 3.05) is 13.2 Å². The summed E-state index contributed by atoms with van der Waals surface area (Å²) >= 11 is 0. The van der Waals surface area contributed by atoms with Crippen LogP contribution in [0.1, 0.15) is 59.9 Å². The van der Waals surface area contributed by atoms with Crippen LogP contribution in [0.2, 0.25) is 18.1 Å². The number of hydrogen-bond donors (Lipinski definition) is 2. The normalized spacial score (nSPS) is 20.2. The lowest BCUT2D eigenvalue weighted by atomic mass is 9.93. The average molecular weight is 493 g/mol. The van der Waals surface area contributed by atoms with E-state index in [-0.39, 0.29) is 30.1 Å². The van der Waals surface area contributed by atoms with Gasteiger partial charge in [-0.2, -0.15) is 0 Å². The lowest BCUT2D eigenvalue weighted by Gasteiger charge is -2.38. The van der Waals surface area contributed by atoms with Gasteiger partial charge in [0.2, 0.25) is 5.91 Å². The van der Waals surface area contributed by atoms with Crippen LogP contribution >= 0.6 is 0 Å².